The number of rotatable bonds is 7. The third-order valence-corrected chi connectivity index (χ3v) is 2.99. The van der Waals surface area contributed by atoms with Crippen LogP contribution in [0.4, 0.5) is 0 Å². The first-order chi connectivity index (χ1) is 8.58. The van der Waals surface area contributed by atoms with Gasteiger partial charge in [0.25, 0.3) is 0 Å². The molecule has 0 aliphatic carbocycles. The molecule has 4 nitrogen and oxygen atoms in total. The lowest BCUT2D eigenvalue weighted by Gasteiger charge is -2.14. The van der Waals surface area contributed by atoms with E-state index in [0.717, 1.165) is 18.7 Å². The van der Waals surface area contributed by atoms with Crippen molar-refractivity contribution in [2.75, 3.05) is 26.8 Å². The van der Waals surface area contributed by atoms with Gasteiger partial charge in [0.05, 0.1) is 13.7 Å². The summed E-state index contributed by atoms with van der Waals surface area (Å²) in [6.45, 7) is 5.64. The molecule has 0 bridgehead atoms. The van der Waals surface area contributed by atoms with E-state index in [1.165, 1.54) is 16.7 Å². The van der Waals surface area contributed by atoms with E-state index in [9.17, 15) is 0 Å². The standard InChI is InChI=1S/C14H24N2O2/c1-10-6-11(2)13(14(7-10)18-3)4-5-16-8-12(15)9-17/h6-7,12,16-17H,4-5,8-9,15H2,1-3H3. The van der Waals surface area contributed by atoms with Crippen LogP contribution in [0.3, 0.4) is 0 Å². The molecular formula is C14H24N2O2. The highest BCUT2D eigenvalue weighted by Gasteiger charge is 2.07. The number of ether oxygens (including phenoxy) is 1. The molecule has 1 atom stereocenters. The van der Waals surface area contributed by atoms with Gasteiger partial charge in [0.1, 0.15) is 5.75 Å². The summed E-state index contributed by atoms with van der Waals surface area (Å²) in [4.78, 5) is 0. The Morgan fingerprint density at radius 1 is 1.39 bits per heavy atom. The maximum atomic E-state index is 8.82. The molecule has 0 fully saturated rings. The van der Waals surface area contributed by atoms with E-state index >= 15 is 0 Å². The summed E-state index contributed by atoms with van der Waals surface area (Å²) < 4.78 is 5.41. The van der Waals surface area contributed by atoms with Gasteiger partial charge in [-0.1, -0.05) is 6.07 Å². The number of methoxy groups -OCH3 is 1. The monoisotopic (exact) mass is 252 g/mol. The summed E-state index contributed by atoms with van der Waals surface area (Å²) in [6.07, 6.45) is 0.896. The minimum Gasteiger partial charge on any atom is -0.496 e. The summed E-state index contributed by atoms with van der Waals surface area (Å²) in [5.41, 5.74) is 9.31. The summed E-state index contributed by atoms with van der Waals surface area (Å²) in [6, 6.07) is 4.03. The van der Waals surface area contributed by atoms with E-state index in [-0.39, 0.29) is 12.6 Å². The molecule has 1 aromatic carbocycles. The van der Waals surface area contributed by atoms with E-state index in [1.807, 2.05) is 0 Å². The van der Waals surface area contributed by atoms with Gasteiger partial charge in [-0.3, -0.25) is 0 Å². The Morgan fingerprint density at radius 2 is 2.11 bits per heavy atom. The van der Waals surface area contributed by atoms with E-state index in [1.54, 1.807) is 7.11 Å². The Balaban J connectivity index is 2.56. The van der Waals surface area contributed by atoms with Crippen LogP contribution in [-0.2, 0) is 6.42 Å². The van der Waals surface area contributed by atoms with Gasteiger partial charge in [-0.05, 0) is 49.6 Å². The Kier molecular flexibility index (Phi) is 6.12. The quantitative estimate of drug-likeness (QED) is 0.627. The molecule has 0 aliphatic heterocycles. The molecule has 1 rings (SSSR count). The molecule has 0 heterocycles. The number of hydrogen-bond donors (Lipinski definition) is 3. The first kappa shape index (κ1) is 15.0. The third kappa shape index (κ3) is 4.29. The van der Waals surface area contributed by atoms with Crippen LogP contribution in [0.2, 0.25) is 0 Å². The van der Waals surface area contributed by atoms with E-state index in [2.05, 4.69) is 31.3 Å². The van der Waals surface area contributed by atoms with Crippen molar-refractivity contribution in [3.63, 3.8) is 0 Å². The van der Waals surface area contributed by atoms with Gasteiger partial charge in [-0.15, -0.1) is 0 Å². The minimum atomic E-state index is -0.189. The van der Waals surface area contributed by atoms with E-state index < -0.39 is 0 Å². The van der Waals surface area contributed by atoms with Gasteiger partial charge in [0.2, 0.25) is 0 Å². The smallest absolute Gasteiger partial charge is 0.122 e. The minimum absolute atomic E-state index is 0.0138. The molecule has 0 saturated heterocycles. The van der Waals surface area contributed by atoms with Gasteiger partial charge >= 0.3 is 0 Å². The zero-order valence-electron chi connectivity index (χ0n) is 11.5. The molecule has 1 unspecified atom stereocenters. The second-order valence-corrected chi connectivity index (χ2v) is 4.66. The lowest BCUT2D eigenvalue weighted by molar-refractivity contribution is 0.262. The number of hydrogen-bond acceptors (Lipinski definition) is 4. The summed E-state index contributed by atoms with van der Waals surface area (Å²) in [7, 11) is 1.70. The van der Waals surface area contributed by atoms with Crippen LogP contribution in [-0.4, -0.2) is 38.0 Å². The van der Waals surface area contributed by atoms with Crippen LogP contribution in [0.5, 0.6) is 5.75 Å². The van der Waals surface area contributed by atoms with Crippen LogP contribution in [0.25, 0.3) is 0 Å². The second kappa shape index (κ2) is 7.36. The molecule has 0 spiro atoms. The molecule has 0 amide bonds. The van der Waals surface area contributed by atoms with Crippen LogP contribution >= 0.6 is 0 Å². The van der Waals surface area contributed by atoms with Crippen molar-refractivity contribution in [1.82, 2.24) is 5.32 Å². The van der Waals surface area contributed by atoms with Crippen LogP contribution in [0.1, 0.15) is 16.7 Å². The van der Waals surface area contributed by atoms with Gasteiger partial charge in [0, 0.05) is 12.6 Å². The van der Waals surface area contributed by atoms with Gasteiger partial charge in [-0.2, -0.15) is 0 Å². The second-order valence-electron chi connectivity index (χ2n) is 4.66. The average Bonchev–Trinajstić information content (AvgIpc) is 2.35. The van der Waals surface area contributed by atoms with Crippen LogP contribution < -0.4 is 15.8 Å². The Bertz CT molecular complexity index is 380. The van der Waals surface area contributed by atoms with Gasteiger partial charge in [-0.25, -0.2) is 0 Å². The fourth-order valence-corrected chi connectivity index (χ4v) is 2.03. The molecule has 0 radical (unpaired) electrons. The molecule has 4 heteroatoms. The summed E-state index contributed by atoms with van der Waals surface area (Å²) in [5, 5.41) is 12.1. The van der Waals surface area contributed by atoms with Crippen molar-refractivity contribution in [3.8, 4) is 5.75 Å². The first-order valence-electron chi connectivity index (χ1n) is 6.29. The van der Waals surface area contributed by atoms with Crippen molar-refractivity contribution in [3.05, 3.63) is 28.8 Å². The maximum Gasteiger partial charge on any atom is 0.122 e. The molecule has 0 saturated carbocycles. The molecule has 0 aromatic heterocycles. The lowest BCUT2D eigenvalue weighted by Crippen LogP contribution is -2.37. The van der Waals surface area contributed by atoms with Crippen molar-refractivity contribution in [2.45, 2.75) is 26.3 Å². The topological polar surface area (TPSA) is 67.5 Å². The zero-order chi connectivity index (χ0) is 13.5. The highest BCUT2D eigenvalue weighted by atomic mass is 16.5. The van der Waals surface area contributed by atoms with Crippen LogP contribution in [0, 0.1) is 13.8 Å². The lowest BCUT2D eigenvalue weighted by atomic mass is 10.0. The molecule has 4 N–H and O–H groups in total. The number of nitrogens with two attached hydrogens (primary N) is 1. The predicted octanol–water partition coefficient (Wildman–Crippen LogP) is 0.764. The SMILES string of the molecule is COc1cc(C)cc(C)c1CCNCC(N)CO. The Hall–Kier alpha value is -1.10. The normalized spacial score (nSPS) is 12.5. The van der Waals surface area contributed by atoms with Gasteiger partial charge < -0.3 is 20.9 Å². The van der Waals surface area contributed by atoms with E-state index in [4.69, 9.17) is 15.6 Å². The third-order valence-electron chi connectivity index (χ3n) is 2.99. The van der Waals surface area contributed by atoms with Crippen molar-refractivity contribution in [1.29, 1.82) is 0 Å². The zero-order valence-corrected chi connectivity index (χ0v) is 11.5. The Labute approximate surface area is 109 Å². The number of benzene rings is 1. The summed E-state index contributed by atoms with van der Waals surface area (Å²) >= 11 is 0. The molecule has 102 valence electrons. The number of aliphatic hydroxyl groups is 1. The number of aryl methyl sites for hydroxylation is 2. The van der Waals surface area contributed by atoms with Gasteiger partial charge in [0.15, 0.2) is 0 Å². The Morgan fingerprint density at radius 3 is 2.72 bits per heavy atom. The maximum absolute atomic E-state index is 8.82. The number of aliphatic hydroxyl groups excluding tert-OH is 1. The van der Waals surface area contributed by atoms with Crippen molar-refractivity contribution in [2.24, 2.45) is 5.73 Å². The average molecular weight is 252 g/mol. The molecule has 0 aliphatic rings. The first-order valence-corrected chi connectivity index (χ1v) is 6.29. The van der Waals surface area contributed by atoms with Crippen molar-refractivity contribution < 1.29 is 9.84 Å². The molecule has 18 heavy (non-hydrogen) atoms. The fraction of sp³-hybridized carbons (Fsp3) is 0.571. The van der Waals surface area contributed by atoms with Crippen molar-refractivity contribution >= 4 is 0 Å². The fourth-order valence-electron chi connectivity index (χ4n) is 2.03. The summed E-state index contributed by atoms with van der Waals surface area (Å²) in [5.74, 6) is 0.945. The number of nitrogens with one attached hydrogen (secondary N) is 1. The van der Waals surface area contributed by atoms with E-state index in [0.29, 0.717) is 6.54 Å². The molecular weight excluding hydrogens is 228 g/mol. The highest BCUT2D eigenvalue weighted by molar-refractivity contribution is 5.43. The molecule has 1 aromatic rings. The van der Waals surface area contributed by atoms with Crippen LogP contribution in [0.15, 0.2) is 12.1 Å². The predicted molar refractivity (Wildman–Crippen MR) is 74.1 cm³/mol. The largest absolute Gasteiger partial charge is 0.496 e. The highest BCUT2D eigenvalue weighted by Crippen LogP contribution is 2.24.